The molecule has 176 valence electrons. The standard InChI is InChI=1S/C30H50O/c1-20(2)11-9-12-21(3)22-15-18-29(7)23-13-14-25-27(4,5)16-10-17-28(25,6)24(23)19-26(31)30(22,29)8/h19-23,25H,9-18H2,1-8H3. The summed E-state index contributed by atoms with van der Waals surface area (Å²) < 4.78 is 0. The molecule has 7 unspecified atom stereocenters. The van der Waals surface area contributed by atoms with Crippen LogP contribution in [-0.2, 0) is 4.79 Å². The fraction of sp³-hybridized carbons (Fsp3) is 0.900. The number of ketones is 1. The van der Waals surface area contributed by atoms with Crippen molar-refractivity contribution in [3.8, 4) is 0 Å². The molecule has 0 bridgehead atoms. The maximum atomic E-state index is 14.1. The van der Waals surface area contributed by atoms with Crippen molar-refractivity contribution in [1.29, 1.82) is 0 Å². The Hall–Kier alpha value is -0.590. The van der Waals surface area contributed by atoms with E-state index >= 15 is 0 Å². The van der Waals surface area contributed by atoms with E-state index in [-0.39, 0.29) is 16.2 Å². The van der Waals surface area contributed by atoms with Crippen molar-refractivity contribution in [3.05, 3.63) is 11.6 Å². The van der Waals surface area contributed by atoms with E-state index in [9.17, 15) is 4.79 Å². The monoisotopic (exact) mass is 426 g/mol. The van der Waals surface area contributed by atoms with Crippen LogP contribution in [0.3, 0.4) is 0 Å². The molecule has 0 aromatic carbocycles. The minimum absolute atomic E-state index is 0.153. The van der Waals surface area contributed by atoms with Crippen molar-refractivity contribution in [2.75, 3.05) is 0 Å². The quantitative estimate of drug-likeness (QED) is 0.430. The molecule has 0 aliphatic heterocycles. The van der Waals surface area contributed by atoms with E-state index in [2.05, 4.69) is 61.5 Å². The predicted molar refractivity (Wildman–Crippen MR) is 132 cm³/mol. The first kappa shape index (κ1) is 23.6. The van der Waals surface area contributed by atoms with E-state index < -0.39 is 0 Å². The van der Waals surface area contributed by atoms with Crippen molar-refractivity contribution in [2.45, 2.75) is 120 Å². The van der Waals surface area contributed by atoms with Crippen LogP contribution in [0.25, 0.3) is 0 Å². The summed E-state index contributed by atoms with van der Waals surface area (Å²) in [6.07, 6.45) is 15.3. The molecule has 3 saturated carbocycles. The molecule has 0 spiro atoms. The molecule has 4 rings (SSSR count). The first-order valence-electron chi connectivity index (χ1n) is 13.6. The van der Waals surface area contributed by atoms with Crippen molar-refractivity contribution in [2.24, 2.45) is 51.2 Å². The molecule has 0 amide bonds. The molecule has 7 atom stereocenters. The molecule has 4 aliphatic carbocycles. The minimum Gasteiger partial charge on any atom is -0.294 e. The average molecular weight is 427 g/mol. The van der Waals surface area contributed by atoms with E-state index in [1.54, 1.807) is 5.57 Å². The van der Waals surface area contributed by atoms with Gasteiger partial charge in [-0.25, -0.2) is 0 Å². The first-order valence-corrected chi connectivity index (χ1v) is 13.6. The second kappa shape index (κ2) is 7.73. The maximum Gasteiger partial charge on any atom is 0.162 e. The average Bonchev–Trinajstić information content (AvgIpc) is 2.95. The largest absolute Gasteiger partial charge is 0.294 e. The Morgan fingerprint density at radius 3 is 2.32 bits per heavy atom. The molecule has 0 N–H and O–H groups in total. The van der Waals surface area contributed by atoms with Gasteiger partial charge >= 0.3 is 0 Å². The van der Waals surface area contributed by atoms with Gasteiger partial charge in [0.25, 0.3) is 0 Å². The van der Waals surface area contributed by atoms with Crippen molar-refractivity contribution in [3.63, 3.8) is 0 Å². The fourth-order valence-electron chi connectivity index (χ4n) is 9.61. The lowest BCUT2D eigenvalue weighted by molar-refractivity contribution is -0.141. The van der Waals surface area contributed by atoms with Gasteiger partial charge in [-0.05, 0) is 90.4 Å². The second-order valence-corrected chi connectivity index (χ2v) is 14.0. The van der Waals surface area contributed by atoms with Crippen LogP contribution in [0, 0.1) is 51.2 Å². The van der Waals surface area contributed by atoms with Crippen LogP contribution in [0.1, 0.15) is 120 Å². The molecule has 1 nitrogen and oxygen atoms in total. The molecule has 0 saturated heterocycles. The molecule has 4 aliphatic rings. The highest BCUT2D eigenvalue weighted by Gasteiger charge is 2.67. The summed E-state index contributed by atoms with van der Waals surface area (Å²) in [5.41, 5.74) is 2.22. The van der Waals surface area contributed by atoms with Crippen molar-refractivity contribution in [1.82, 2.24) is 0 Å². The highest BCUT2D eigenvalue weighted by molar-refractivity contribution is 5.98. The highest BCUT2D eigenvalue weighted by Crippen LogP contribution is 2.72. The third kappa shape index (κ3) is 3.33. The van der Waals surface area contributed by atoms with Crippen molar-refractivity contribution >= 4 is 5.78 Å². The number of hydrogen-bond donors (Lipinski definition) is 0. The summed E-state index contributed by atoms with van der Waals surface area (Å²) >= 11 is 0. The van der Waals surface area contributed by atoms with Crippen LogP contribution in [0.15, 0.2) is 11.6 Å². The van der Waals surface area contributed by atoms with Gasteiger partial charge in [-0.1, -0.05) is 86.6 Å². The molecule has 0 radical (unpaired) electrons. The van der Waals surface area contributed by atoms with Gasteiger partial charge in [0.2, 0.25) is 0 Å². The summed E-state index contributed by atoms with van der Waals surface area (Å²) in [6.45, 7) is 19.6. The highest BCUT2D eigenvalue weighted by atomic mass is 16.1. The molecular formula is C30H50O. The van der Waals surface area contributed by atoms with Crippen LogP contribution in [0.2, 0.25) is 0 Å². The lowest BCUT2D eigenvalue weighted by atomic mass is 9.41. The molecule has 31 heavy (non-hydrogen) atoms. The van der Waals surface area contributed by atoms with Crippen LogP contribution >= 0.6 is 0 Å². The molecular weight excluding hydrogens is 376 g/mol. The summed E-state index contributed by atoms with van der Waals surface area (Å²) in [5.74, 6) is 3.86. The third-order valence-electron chi connectivity index (χ3n) is 11.6. The van der Waals surface area contributed by atoms with E-state index in [0.29, 0.717) is 29.0 Å². The zero-order valence-corrected chi connectivity index (χ0v) is 21.9. The van der Waals surface area contributed by atoms with Gasteiger partial charge in [0.05, 0.1) is 0 Å². The van der Waals surface area contributed by atoms with Gasteiger partial charge in [-0.3, -0.25) is 4.79 Å². The van der Waals surface area contributed by atoms with Crippen molar-refractivity contribution < 1.29 is 4.79 Å². The van der Waals surface area contributed by atoms with Gasteiger partial charge in [0.1, 0.15) is 0 Å². The third-order valence-corrected chi connectivity index (χ3v) is 11.6. The molecule has 0 aromatic rings. The molecule has 1 heteroatoms. The summed E-state index contributed by atoms with van der Waals surface area (Å²) in [4.78, 5) is 14.1. The molecule has 0 aromatic heterocycles. The summed E-state index contributed by atoms with van der Waals surface area (Å²) in [5, 5.41) is 0. The number of rotatable bonds is 5. The fourth-order valence-corrected chi connectivity index (χ4v) is 9.61. The first-order chi connectivity index (χ1) is 14.4. The van der Waals surface area contributed by atoms with Gasteiger partial charge in [0.15, 0.2) is 5.78 Å². The number of allylic oxidation sites excluding steroid dienone is 2. The van der Waals surface area contributed by atoms with Crippen LogP contribution in [0.5, 0.6) is 0 Å². The maximum absolute atomic E-state index is 14.1. The second-order valence-electron chi connectivity index (χ2n) is 14.0. The van der Waals surface area contributed by atoms with Crippen LogP contribution < -0.4 is 0 Å². The van der Waals surface area contributed by atoms with Gasteiger partial charge in [-0.15, -0.1) is 0 Å². The van der Waals surface area contributed by atoms with E-state index in [0.717, 1.165) is 11.8 Å². The van der Waals surface area contributed by atoms with Gasteiger partial charge in [-0.2, -0.15) is 0 Å². The number of hydrogen-bond acceptors (Lipinski definition) is 1. The zero-order valence-electron chi connectivity index (χ0n) is 21.9. The smallest absolute Gasteiger partial charge is 0.162 e. The summed E-state index contributed by atoms with van der Waals surface area (Å²) in [6, 6.07) is 0. The van der Waals surface area contributed by atoms with E-state index in [4.69, 9.17) is 0 Å². The Morgan fingerprint density at radius 1 is 0.935 bits per heavy atom. The normalized spacial score (nSPS) is 45.0. The van der Waals surface area contributed by atoms with Crippen LogP contribution in [0.4, 0.5) is 0 Å². The Bertz CT molecular complexity index is 744. The predicted octanol–water partition coefficient (Wildman–Crippen LogP) is 8.62. The zero-order chi connectivity index (χ0) is 22.8. The molecule has 3 fully saturated rings. The van der Waals surface area contributed by atoms with Gasteiger partial charge in [0, 0.05) is 5.41 Å². The number of fused-ring (bicyclic) bond motifs is 5. The lowest BCUT2D eigenvalue weighted by Crippen LogP contribution is -2.57. The number of carbonyl (C=O) groups is 1. The SMILES string of the molecule is CC(C)CCCC(C)C1CCC2(C)C3CCC4C(C)(C)CCCC4(C)C3=CC(=O)C12C. The minimum atomic E-state index is -0.161. The topological polar surface area (TPSA) is 17.1 Å². The van der Waals surface area contributed by atoms with E-state index in [1.807, 2.05) is 0 Å². The number of carbonyl (C=O) groups excluding carboxylic acids is 1. The lowest BCUT2D eigenvalue weighted by Gasteiger charge is -2.62. The Labute approximate surface area is 193 Å². The van der Waals surface area contributed by atoms with E-state index in [1.165, 1.54) is 64.2 Å². The Balaban J connectivity index is 1.67. The Kier molecular flexibility index (Phi) is 5.88. The Morgan fingerprint density at radius 2 is 1.65 bits per heavy atom. The van der Waals surface area contributed by atoms with Crippen LogP contribution in [-0.4, -0.2) is 5.78 Å². The van der Waals surface area contributed by atoms with Gasteiger partial charge < -0.3 is 0 Å². The summed E-state index contributed by atoms with van der Waals surface area (Å²) in [7, 11) is 0. The molecule has 0 heterocycles.